The summed E-state index contributed by atoms with van der Waals surface area (Å²) in [6, 6.07) is 5.72. The number of hydrogen-bond donors (Lipinski definition) is 6. The molecule has 0 radical (unpaired) electrons. The quantitative estimate of drug-likeness (QED) is 0.245. The van der Waals surface area contributed by atoms with Crippen LogP contribution in [0, 0.1) is 5.92 Å². The average molecular weight is 422 g/mol. The van der Waals surface area contributed by atoms with Gasteiger partial charge in [-0.25, -0.2) is 0 Å². The van der Waals surface area contributed by atoms with Crippen LogP contribution in [-0.4, -0.2) is 65.2 Å². The molecule has 0 heterocycles. The molecule has 1 rings (SSSR count). The Kier molecular flexibility index (Phi) is 10.5. The van der Waals surface area contributed by atoms with E-state index in [2.05, 4.69) is 16.0 Å². The Balaban J connectivity index is 3.01. The van der Waals surface area contributed by atoms with E-state index >= 15 is 0 Å². The summed E-state index contributed by atoms with van der Waals surface area (Å²) >= 11 is 0. The van der Waals surface area contributed by atoms with Crippen LogP contribution in [0.3, 0.4) is 0 Å². The van der Waals surface area contributed by atoms with Crippen molar-refractivity contribution in [3.63, 3.8) is 0 Å². The number of carbonyl (C=O) groups excluding carboxylic acids is 3. The predicted molar refractivity (Wildman–Crippen MR) is 109 cm³/mol. The van der Waals surface area contributed by atoms with E-state index in [1.165, 1.54) is 0 Å². The van der Waals surface area contributed by atoms with Crippen LogP contribution >= 0.6 is 0 Å². The van der Waals surface area contributed by atoms with Crippen molar-refractivity contribution >= 4 is 23.7 Å². The summed E-state index contributed by atoms with van der Waals surface area (Å²) in [4.78, 5) is 48.2. The molecule has 10 nitrogen and oxygen atoms in total. The summed E-state index contributed by atoms with van der Waals surface area (Å²) < 4.78 is 0. The molecule has 166 valence electrons. The van der Waals surface area contributed by atoms with Crippen molar-refractivity contribution in [1.82, 2.24) is 16.0 Å². The molecule has 4 unspecified atom stereocenters. The van der Waals surface area contributed by atoms with Gasteiger partial charge in [-0.1, -0.05) is 50.6 Å². The Morgan fingerprint density at radius 1 is 1.03 bits per heavy atom. The Hall–Kier alpha value is -2.98. The van der Waals surface area contributed by atoms with Crippen LogP contribution in [0.4, 0.5) is 0 Å². The van der Waals surface area contributed by atoms with Crippen LogP contribution in [0.2, 0.25) is 0 Å². The summed E-state index contributed by atoms with van der Waals surface area (Å²) in [5.74, 6) is -3.44. The molecule has 30 heavy (non-hydrogen) atoms. The van der Waals surface area contributed by atoms with Crippen molar-refractivity contribution in [2.24, 2.45) is 11.7 Å². The topological polar surface area (TPSA) is 171 Å². The maximum Gasteiger partial charge on any atom is 0.322 e. The van der Waals surface area contributed by atoms with Crippen molar-refractivity contribution < 1.29 is 29.4 Å². The monoisotopic (exact) mass is 422 g/mol. The molecule has 0 fully saturated rings. The Bertz CT molecular complexity index is 727. The van der Waals surface area contributed by atoms with E-state index in [0.717, 1.165) is 5.56 Å². The lowest BCUT2D eigenvalue weighted by molar-refractivity contribution is -0.139. The maximum atomic E-state index is 12.9. The molecule has 0 aliphatic rings. The fourth-order valence-electron chi connectivity index (χ4n) is 2.65. The third-order valence-electron chi connectivity index (χ3n) is 4.66. The molecule has 7 N–H and O–H groups in total. The number of amides is 3. The molecule has 3 amide bonds. The van der Waals surface area contributed by atoms with Crippen molar-refractivity contribution in [3.8, 4) is 0 Å². The number of aliphatic carboxylic acids is 1. The molecule has 0 saturated heterocycles. The third-order valence-corrected chi connectivity index (χ3v) is 4.66. The standard InChI is InChI=1S/C20H30N4O6/c1-3-12(2)17(20(30)22-10-16(26)27)24-19(29)15(23-18(28)14(21)11-25)9-13-7-5-4-6-8-13/h4-8,12,14-15,17,25H,3,9-11,21H2,1-2H3,(H,22,30)(H,23,28)(H,24,29)(H,26,27). The van der Waals surface area contributed by atoms with E-state index in [0.29, 0.717) is 6.42 Å². The van der Waals surface area contributed by atoms with E-state index in [1.54, 1.807) is 31.2 Å². The van der Waals surface area contributed by atoms with Crippen molar-refractivity contribution in [2.75, 3.05) is 13.2 Å². The van der Waals surface area contributed by atoms with Crippen LogP contribution in [-0.2, 0) is 25.6 Å². The SMILES string of the molecule is CCC(C)C(NC(=O)C(Cc1ccccc1)NC(=O)C(N)CO)C(=O)NCC(=O)O. The normalized spacial score (nSPS) is 14.7. The second-order valence-electron chi connectivity index (χ2n) is 7.02. The molecular formula is C20H30N4O6. The third kappa shape index (κ3) is 8.18. The highest BCUT2D eigenvalue weighted by Gasteiger charge is 2.30. The summed E-state index contributed by atoms with van der Waals surface area (Å²) in [6.07, 6.45) is 0.692. The number of aliphatic hydroxyl groups excluding tert-OH is 1. The first kappa shape index (κ1) is 25.1. The molecule has 1 aromatic carbocycles. The molecule has 0 saturated carbocycles. The zero-order valence-electron chi connectivity index (χ0n) is 17.1. The highest BCUT2D eigenvalue weighted by molar-refractivity contribution is 5.94. The Morgan fingerprint density at radius 2 is 1.67 bits per heavy atom. The van der Waals surface area contributed by atoms with Crippen LogP contribution in [0.1, 0.15) is 25.8 Å². The van der Waals surface area contributed by atoms with Crippen molar-refractivity contribution in [3.05, 3.63) is 35.9 Å². The average Bonchev–Trinajstić information content (AvgIpc) is 2.74. The van der Waals surface area contributed by atoms with Gasteiger partial charge in [0.25, 0.3) is 0 Å². The van der Waals surface area contributed by atoms with Crippen molar-refractivity contribution in [1.29, 1.82) is 0 Å². The molecule has 1 aromatic rings. The lowest BCUT2D eigenvalue weighted by atomic mass is 9.97. The minimum atomic E-state index is -1.20. The molecule has 0 spiro atoms. The highest BCUT2D eigenvalue weighted by atomic mass is 16.4. The number of aliphatic hydroxyl groups is 1. The zero-order chi connectivity index (χ0) is 22.7. The summed E-state index contributed by atoms with van der Waals surface area (Å²) in [5.41, 5.74) is 6.30. The van der Waals surface area contributed by atoms with Crippen LogP contribution in [0.25, 0.3) is 0 Å². The number of benzene rings is 1. The predicted octanol–water partition coefficient (Wildman–Crippen LogP) is -1.23. The number of rotatable bonds is 12. The van der Waals surface area contributed by atoms with Gasteiger partial charge in [0, 0.05) is 6.42 Å². The Labute approximate surface area is 175 Å². The zero-order valence-corrected chi connectivity index (χ0v) is 17.1. The second kappa shape index (κ2) is 12.6. The minimum Gasteiger partial charge on any atom is -0.480 e. The summed E-state index contributed by atoms with van der Waals surface area (Å²) in [7, 11) is 0. The number of carboxylic acid groups (broad SMARTS) is 1. The number of nitrogens with one attached hydrogen (secondary N) is 3. The first-order valence-corrected chi connectivity index (χ1v) is 9.70. The molecule has 0 aromatic heterocycles. The fraction of sp³-hybridized carbons (Fsp3) is 0.500. The van der Waals surface area contributed by atoms with E-state index < -0.39 is 55.0 Å². The van der Waals surface area contributed by atoms with Gasteiger partial charge in [-0.2, -0.15) is 0 Å². The van der Waals surface area contributed by atoms with Gasteiger partial charge in [0.05, 0.1) is 6.61 Å². The van der Waals surface area contributed by atoms with E-state index in [1.807, 2.05) is 13.0 Å². The number of carboxylic acids is 1. The number of carbonyl (C=O) groups is 4. The molecule has 0 aliphatic heterocycles. The van der Waals surface area contributed by atoms with Gasteiger partial charge in [0.15, 0.2) is 0 Å². The van der Waals surface area contributed by atoms with Crippen molar-refractivity contribution in [2.45, 2.75) is 44.8 Å². The molecule has 0 aliphatic carbocycles. The van der Waals surface area contributed by atoms with E-state index in [4.69, 9.17) is 15.9 Å². The Morgan fingerprint density at radius 3 is 2.20 bits per heavy atom. The van der Waals surface area contributed by atoms with Gasteiger partial charge in [-0.05, 0) is 11.5 Å². The lowest BCUT2D eigenvalue weighted by Gasteiger charge is -2.27. The fourth-order valence-corrected chi connectivity index (χ4v) is 2.65. The molecule has 4 atom stereocenters. The molecule has 10 heteroatoms. The first-order chi connectivity index (χ1) is 14.2. The maximum absolute atomic E-state index is 12.9. The lowest BCUT2D eigenvalue weighted by Crippen LogP contribution is -2.58. The molecular weight excluding hydrogens is 392 g/mol. The van der Waals surface area contributed by atoms with E-state index in [-0.39, 0.29) is 12.3 Å². The van der Waals surface area contributed by atoms with Crippen LogP contribution < -0.4 is 21.7 Å². The summed E-state index contributed by atoms with van der Waals surface area (Å²) in [5, 5.41) is 25.2. The second-order valence-corrected chi connectivity index (χ2v) is 7.02. The van der Waals surface area contributed by atoms with Gasteiger partial charge in [-0.15, -0.1) is 0 Å². The highest BCUT2D eigenvalue weighted by Crippen LogP contribution is 2.10. The van der Waals surface area contributed by atoms with Gasteiger partial charge < -0.3 is 31.9 Å². The number of hydrogen-bond acceptors (Lipinski definition) is 6. The summed E-state index contributed by atoms with van der Waals surface area (Å²) in [6.45, 7) is 2.42. The van der Waals surface area contributed by atoms with Gasteiger partial charge in [0.1, 0.15) is 24.7 Å². The number of nitrogens with two attached hydrogens (primary N) is 1. The minimum absolute atomic E-state index is 0.139. The smallest absolute Gasteiger partial charge is 0.322 e. The van der Waals surface area contributed by atoms with Gasteiger partial charge >= 0.3 is 5.97 Å². The molecule has 0 bridgehead atoms. The van der Waals surface area contributed by atoms with Gasteiger partial charge in [0.2, 0.25) is 17.7 Å². The van der Waals surface area contributed by atoms with E-state index in [9.17, 15) is 19.2 Å². The first-order valence-electron chi connectivity index (χ1n) is 9.70. The largest absolute Gasteiger partial charge is 0.480 e. The van der Waals surface area contributed by atoms with Crippen LogP contribution in [0.15, 0.2) is 30.3 Å². The van der Waals surface area contributed by atoms with Crippen LogP contribution in [0.5, 0.6) is 0 Å². The van der Waals surface area contributed by atoms with Gasteiger partial charge in [-0.3, -0.25) is 19.2 Å².